The largest absolute Gasteiger partial charge is 0.497 e. The summed E-state index contributed by atoms with van der Waals surface area (Å²) in [5.74, 6) is 1.07. The van der Waals surface area contributed by atoms with Crippen molar-refractivity contribution in [2.75, 3.05) is 19.0 Å². The van der Waals surface area contributed by atoms with Gasteiger partial charge in [-0.3, -0.25) is 4.79 Å². The van der Waals surface area contributed by atoms with Gasteiger partial charge >= 0.3 is 5.97 Å². The number of rotatable bonds is 12. The van der Waals surface area contributed by atoms with Gasteiger partial charge < -0.3 is 24.1 Å². The molecule has 0 spiro atoms. The molecule has 6 rings (SSSR count). The van der Waals surface area contributed by atoms with Gasteiger partial charge in [0.1, 0.15) is 24.5 Å². The van der Waals surface area contributed by atoms with E-state index in [-0.39, 0.29) is 12.6 Å². The molecule has 9 nitrogen and oxygen atoms in total. The Morgan fingerprint density at radius 1 is 0.800 bits per heavy atom. The number of carbonyl (C=O) groups is 1. The number of hydrogen-bond acceptors (Lipinski definition) is 8. The van der Waals surface area contributed by atoms with E-state index < -0.39 is 5.54 Å². The van der Waals surface area contributed by atoms with Gasteiger partial charge in [0.05, 0.1) is 20.0 Å². The van der Waals surface area contributed by atoms with Crippen molar-refractivity contribution >= 4 is 23.1 Å². The second-order valence-corrected chi connectivity index (χ2v) is 10.4. The number of ether oxygens (including phenoxy) is 3. The van der Waals surface area contributed by atoms with Gasteiger partial charge in [0.15, 0.2) is 11.2 Å². The van der Waals surface area contributed by atoms with Crippen LogP contribution in [0, 0.1) is 0 Å². The Morgan fingerprint density at radius 2 is 1.40 bits per heavy atom. The van der Waals surface area contributed by atoms with Crippen LogP contribution in [0.15, 0.2) is 122 Å². The number of nitrogens with zero attached hydrogens (tertiary/aromatic N) is 4. The molecule has 0 aliphatic carbocycles. The molecule has 9 heteroatoms. The number of nitrogens with one attached hydrogen (secondary N) is 1. The van der Waals surface area contributed by atoms with Gasteiger partial charge in [-0.25, -0.2) is 4.98 Å². The van der Waals surface area contributed by atoms with Gasteiger partial charge in [-0.1, -0.05) is 103 Å². The Labute approximate surface area is 261 Å². The molecule has 0 unspecified atom stereocenters. The predicted molar refractivity (Wildman–Crippen MR) is 172 cm³/mol. The average molecular weight is 600 g/mol. The SMILES string of the molecule is COc1ccc(C(Nc2nc(OCc3ccccc3)c3ncn(CCOC(C)=O)c3n2)(c2ccccc2)c2ccccc2)cc1. The van der Waals surface area contributed by atoms with Crippen molar-refractivity contribution < 1.29 is 19.0 Å². The number of methoxy groups -OCH3 is 1. The molecule has 0 saturated carbocycles. The van der Waals surface area contributed by atoms with Crippen LogP contribution < -0.4 is 14.8 Å². The van der Waals surface area contributed by atoms with Crippen LogP contribution in [-0.2, 0) is 28.2 Å². The maximum absolute atomic E-state index is 11.5. The molecule has 0 bridgehead atoms. The normalized spacial score (nSPS) is 11.2. The molecule has 0 saturated heterocycles. The topological polar surface area (TPSA) is 100 Å². The van der Waals surface area contributed by atoms with Crippen LogP contribution in [0.5, 0.6) is 11.6 Å². The van der Waals surface area contributed by atoms with Gasteiger partial charge in [-0.05, 0) is 34.4 Å². The lowest BCUT2D eigenvalue weighted by atomic mass is 9.77. The number of benzene rings is 4. The standard InChI is InChI=1S/C36H33N5O4/c1-26(42)44-23-22-41-25-37-32-33(41)38-35(39-34(32)45-24-27-12-6-3-7-13-27)40-36(28-14-8-4-9-15-28,29-16-10-5-11-17-29)30-18-20-31(43-2)21-19-30/h3-21,25H,22-24H2,1-2H3,(H,38,39,40). The Bertz CT molecular complexity index is 1820. The fourth-order valence-corrected chi connectivity index (χ4v) is 5.35. The Kier molecular flexibility index (Phi) is 8.68. The van der Waals surface area contributed by atoms with Crippen molar-refractivity contribution in [3.8, 4) is 11.6 Å². The summed E-state index contributed by atoms with van der Waals surface area (Å²) >= 11 is 0. The molecule has 0 fully saturated rings. The highest BCUT2D eigenvalue weighted by Crippen LogP contribution is 2.40. The molecule has 6 aromatic rings. The van der Waals surface area contributed by atoms with Crippen LogP contribution in [0.4, 0.5) is 5.95 Å². The molecular weight excluding hydrogens is 566 g/mol. The zero-order chi connectivity index (χ0) is 31.1. The molecule has 45 heavy (non-hydrogen) atoms. The fraction of sp³-hybridized carbons (Fsp3) is 0.167. The third-order valence-electron chi connectivity index (χ3n) is 7.52. The van der Waals surface area contributed by atoms with Crippen LogP contribution in [0.2, 0.25) is 0 Å². The van der Waals surface area contributed by atoms with Crippen molar-refractivity contribution in [3.05, 3.63) is 144 Å². The Balaban J connectivity index is 1.51. The van der Waals surface area contributed by atoms with E-state index in [1.807, 2.05) is 95.6 Å². The van der Waals surface area contributed by atoms with Gasteiger partial charge in [-0.2, -0.15) is 9.97 Å². The minimum Gasteiger partial charge on any atom is -0.497 e. The third-order valence-corrected chi connectivity index (χ3v) is 7.52. The van der Waals surface area contributed by atoms with E-state index in [0.29, 0.717) is 36.1 Å². The summed E-state index contributed by atoms with van der Waals surface area (Å²) in [5.41, 5.74) is 4.08. The average Bonchev–Trinajstić information content (AvgIpc) is 3.50. The summed E-state index contributed by atoms with van der Waals surface area (Å²) in [6.45, 7) is 2.23. The predicted octanol–water partition coefficient (Wildman–Crippen LogP) is 6.38. The third kappa shape index (κ3) is 6.33. The summed E-state index contributed by atoms with van der Waals surface area (Å²) in [5, 5.41) is 3.73. The van der Waals surface area contributed by atoms with Crippen molar-refractivity contribution in [1.29, 1.82) is 0 Å². The first-order valence-electron chi connectivity index (χ1n) is 14.6. The molecule has 0 amide bonds. The maximum atomic E-state index is 11.5. The van der Waals surface area contributed by atoms with E-state index in [1.165, 1.54) is 6.92 Å². The number of hydrogen-bond donors (Lipinski definition) is 1. The zero-order valence-corrected chi connectivity index (χ0v) is 25.1. The lowest BCUT2D eigenvalue weighted by Crippen LogP contribution is -2.38. The lowest BCUT2D eigenvalue weighted by Gasteiger charge is -2.37. The Hall–Kier alpha value is -5.70. The van der Waals surface area contributed by atoms with E-state index in [4.69, 9.17) is 24.2 Å². The molecule has 1 N–H and O–H groups in total. The number of imidazole rings is 1. The number of carbonyl (C=O) groups excluding carboxylic acids is 1. The van der Waals surface area contributed by atoms with E-state index in [2.05, 4.69) is 34.6 Å². The van der Waals surface area contributed by atoms with Crippen molar-refractivity contribution in [2.45, 2.75) is 25.6 Å². The summed E-state index contributed by atoms with van der Waals surface area (Å²) in [7, 11) is 1.65. The van der Waals surface area contributed by atoms with E-state index >= 15 is 0 Å². The number of esters is 1. The zero-order valence-electron chi connectivity index (χ0n) is 25.1. The van der Waals surface area contributed by atoms with Gasteiger partial charge in [0.2, 0.25) is 11.8 Å². The van der Waals surface area contributed by atoms with Gasteiger partial charge in [0, 0.05) is 6.92 Å². The summed E-state index contributed by atoms with van der Waals surface area (Å²) < 4.78 is 18.8. The molecule has 226 valence electrons. The summed E-state index contributed by atoms with van der Waals surface area (Å²) in [4.78, 5) is 25.9. The molecule has 0 aliphatic heterocycles. The molecule has 2 aromatic heterocycles. The number of aromatic nitrogens is 4. The molecule has 2 heterocycles. The van der Waals surface area contributed by atoms with Crippen molar-refractivity contribution in [1.82, 2.24) is 19.5 Å². The molecule has 0 aliphatic rings. The van der Waals surface area contributed by atoms with Gasteiger partial charge in [-0.15, -0.1) is 0 Å². The maximum Gasteiger partial charge on any atom is 0.302 e. The highest BCUT2D eigenvalue weighted by atomic mass is 16.5. The Morgan fingerprint density at radius 3 is 2.00 bits per heavy atom. The van der Waals surface area contributed by atoms with Crippen LogP contribution >= 0.6 is 0 Å². The highest BCUT2D eigenvalue weighted by molar-refractivity contribution is 5.78. The van der Waals surface area contributed by atoms with Crippen molar-refractivity contribution in [3.63, 3.8) is 0 Å². The summed E-state index contributed by atoms with van der Waals surface area (Å²) in [6.07, 6.45) is 1.66. The van der Waals surface area contributed by atoms with Crippen LogP contribution in [0.1, 0.15) is 29.2 Å². The molecule has 0 radical (unpaired) electrons. The first kappa shape index (κ1) is 29.4. The van der Waals surface area contributed by atoms with Gasteiger partial charge in [0.25, 0.3) is 0 Å². The number of fused-ring (bicyclic) bond motifs is 1. The minimum atomic E-state index is -0.901. The van der Waals surface area contributed by atoms with E-state index in [9.17, 15) is 4.79 Å². The van der Waals surface area contributed by atoms with E-state index in [0.717, 1.165) is 28.0 Å². The quantitative estimate of drug-likeness (QED) is 0.128. The van der Waals surface area contributed by atoms with Crippen LogP contribution in [0.25, 0.3) is 11.2 Å². The van der Waals surface area contributed by atoms with Crippen molar-refractivity contribution in [2.24, 2.45) is 0 Å². The first-order valence-corrected chi connectivity index (χ1v) is 14.6. The minimum absolute atomic E-state index is 0.178. The van der Waals surface area contributed by atoms with E-state index in [1.54, 1.807) is 13.4 Å². The highest BCUT2D eigenvalue weighted by Gasteiger charge is 2.37. The second kappa shape index (κ2) is 13.3. The van der Waals surface area contributed by atoms with Crippen LogP contribution in [0.3, 0.4) is 0 Å². The monoisotopic (exact) mass is 599 g/mol. The molecular formula is C36H33N5O4. The first-order chi connectivity index (χ1) is 22.1. The molecule has 0 atom stereocenters. The number of anilines is 1. The van der Waals surface area contributed by atoms with Crippen LogP contribution in [-0.4, -0.2) is 39.2 Å². The lowest BCUT2D eigenvalue weighted by molar-refractivity contribution is -0.141. The second-order valence-electron chi connectivity index (χ2n) is 10.4. The smallest absolute Gasteiger partial charge is 0.302 e. The summed E-state index contributed by atoms with van der Waals surface area (Å²) in [6, 6.07) is 38.2. The fourth-order valence-electron chi connectivity index (χ4n) is 5.35. The molecule has 4 aromatic carbocycles.